The van der Waals surface area contributed by atoms with Crippen LogP contribution in [0.4, 0.5) is 11.5 Å². The van der Waals surface area contributed by atoms with E-state index in [2.05, 4.69) is 29.1 Å². The second-order valence-electron chi connectivity index (χ2n) is 4.35. The Labute approximate surface area is 112 Å². The summed E-state index contributed by atoms with van der Waals surface area (Å²) in [7, 11) is 1.35. The summed E-state index contributed by atoms with van der Waals surface area (Å²) in [5.74, 6) is 0.607. The molecule has 1 aromatic rings. The maximum atomic E-state index is 11.1. The van der Waals surface area contributed by atoms with Crippen LogP contribution in [0.15, 0.2) is 6.33 Å². The third kappa shape index (κ3) is 3.52. The van der Waals surface area contributed by atoms with Crippen molar-refractivity contribution in [2.45, 2.75) is 39.7 Å². The maximum absolute atomic E-state index is 11.1. The molecular weight excluding hydrogens is 248 g/mol. The molecule has 1 aromatic heterocycles. The molecule has 0 aromatic carbocycles. The lowest BCUT2D eigenvalue weighted by Crippen LogP contribution is -2.26. The fourth-order valence-corrected chi connectivity index (χ4v) is 2.11. The zero-order valence-electron chi connectivity index (χ0n) is 11.7. The van der Waals surface area contributed by atoms with Gasteiger partial charge in [0.05, 0.1) is 12.0 Å². The summed E-state index contributed by atoms with van der Waals surface area (Å²) in [6.07, 6.45) is 3.26. The largest absolute Gasteiger partial charge is 0.476 e. The highest BCUT2D eigenvalue weighted by Gasteiger charge is 2.26. The molecule has 0 fully saturated rings. The summed E-state index contributed by atoms with van der Waals surface area (Å²) in [5.41, 5.74) is -0.220. The lowest BCUT2D eigenvalue weighted by Gasteiger charge is -2.22. The fourth-order valence-electron chi connectivity index (χ4n) is 2.11. The average Bonchev–Trinajstić information content (AvgIpc) is 2.39. The minimum Gasteiger partial charge on any atom is -0.476 e. The molecule has 0 radical (unpaired) electrons. The highest BCUT2D eigenvalue weighted by Crippen LogP contribution is 2.31. The molecule has 0 aliphatic carbocycles. The van der Waals surface area contributed by atoms with Crippen molar-refractivity contribution in [2.24, 2.45) is 5.92 Å². The van der Waals surface area contributed by atoms with E-state index in [0.29, 0.717) is 5.92 Å². The van der Waals surface area contributed by atoms with Gasteiger partial charge in [-0.3, -0.25) is 10.1 Å². The molecule has 7 nitrogen and oxygen atoms in total. The van der Waals surface area contributed by atoms with Crippen LogP contribution in [-0.2, 0) is 0 Å². The molecule has 19 heavy (non-hydrogen) atoms. The van der Waals surface area contributed by atoms with Crippen molar-refractivity contribution in [1.82, 2.24) is 9.97 Å². The standard InChI is InChI=1S/C12H20N4O3/c1-5-9(6-2)8(3)15-11-10(16(17)18)12(19-4)14-7-13-11/h7-9H,5-6H2,1-4H3,(H,13,14,15). The number of nitrogens with zero attached hydrogens (tertiary/aromatic N) is 3. The van der Waals surface area contributed by atoms with Gasteiger partial charge in [-0.15, -0.1) is 0 Å². The molecule has 7 heteroatoms. The van der Waals surface area contributed by atoms with Gasteiger partial charge in [0.1, 0.15) is 6.33 Å². The molecule has 1 heterocycles. The van der Waals surface area contributed by atoms with Gasteiger partial charge in [-0.25, -0.2) is 4.98 Å². The molecule has 1 N–H and O–H groups in total. The van der Waals surface area contributed by atoms with E-state index >= 15 is 0 Å². The van der Waals surface area contributed by atoms with Crippen LogP contribution in [0.2, 0.25) is 0 Å². The molecule has 106 valence electrons. The van der Waals surface area contributed by atoms with Crippen molar-refractivity contribution in [3.8, 4) is 5.88 Å². The molecule has 1 atom stereocenters. The van der Waals surface area contributed by atoms with Gasteiger partial charge in [-0.1, -0.05) is 26.7 Å². The van der Waals surface area contributed by atoms with Crippen molar-refractivity contribution in [2.75, 3.05) is 12.4 Å². The van der Waals surface area contributed by atoms with Gasteiger partial charge < -0.3 is 10.1 Å². The quantitative estimate of drug-likeness (QED) is 0.604. The summed E-state index contributed by atoms with van der Waals surface area (Å²) in [4.78, 5) is 18.3. The smallest absolute Gasteiger partial charge is 0.372 e. The van der Waals surface area contributed by atoms with Crippen LogP contribution in [0.5, 0.6) is 5.88 Å². The average molecular weight is 268 g/mol. The van der Waals surface area contributed by atoms with E-state index in [1.807, 2.05) is 6.92 Å². The molecule has 0 amide bonds. The monoisotopic (exact) mass is 268 g/mol. The van der Waals surface area contributed by atoms with Crippen molar-refractivity contribution in [3.05, 3.63) is 16.4 Å². The van der Waals surface area contributed by atoms with Crippen LogP contribution in [0.1, 0.15) is 33.6 Å². The number of anilines is 1. The number of methoxy groups -OCH3 is 1. The van der Waals surface area contributed by atoms with Gasteiger partial charge in [0.15, 0.2) is 0 Å². The molecule has 1 unspecified atom stereocenters. The predicted molar refractivity (Wildman–Crippen MR) is 72.4 cm³/mol. The van der Waals surface area contributed by atoms with Gasteiger partial charge in [0, 0.05) is 6.04 Å². The predicted octanol–water partition coefficient (Wildman–Crippen LogP) is 2.63. The summed E-state index contributed by atoms with van der Waals surface area (Å²) in [6, 6.07) is 0.0910. The zero-order chi connectivity index (χ0) is 14.4. The highest BCUT2D eigenvalue weighted by atomic mass is 16.6. The molecule has 0 bridgehead atoms. The van der Waals surface area contributed by atoms with E-state index in [-0.39, 0.29) is 23.4 Å². The number of hydrogen-bond acceptors (Lipinski definition) is 6. The summed E-state index contributed by atoms with van der Waals surface area (Å²) < 4.78 is 4.91. The number of aromatic nitrogens is 2. The minimum absolute atomic E-state index is 0.0285. The molecule has 0 aliphatic heterocycles. The topological polar surface area (TPSA) is 90.2 Å². The first-order valence-corrected chi connectivity index (χ1v) is 6.34. The van der Waals surface area contributed by atoms with Crippen molar-refractivity contribution >= 4 is 11.5 Å². The third-order valence-corrected chi connectivity index (χ3v) is 3.28. The third-order valence-electron chi connectivity index (χ3n) is 3.28. The molecule has 0 saturated carbocycles. The molecule has 0 aliphatic rings. The van der Waals surface area contributed by atoms with Gasteiger partial charge in [-0.2, -0.15) is 4.98 Å². The zero-order valence-corrected chi connectivity index (χ0v) is 11.7. The van der Waals surface area contributed by atoms with Crippen LogP contribution >= 0.6 is 0 Å². The number of rotatable bonds is 7. The Morgan fingerprint density at radius 2 is 2.05 bits per heavy atom. The molecule has 0 spiro atoms. The first-order valence-electron chi connectivity index (χ1n) is 6.34. The van der Waals surface area contributed by atoms with Crippen LogP contribution in [0.3, 0.4) is 0 Å². The molecule has 1 rings (SSSR count). The van der Waals surface area contributed by atoms with E-state index < -0.39 is 4.92 Å². The Kier molecular flexibility index (Phi) is 5.47. The number of nitrogens with one attached hydrogen (secondary N) is 1. The van der Waals surface area contributed by atoms with Crippen LogP contribution < -0.4 is 10.1 Å². The molecular formula is C12H20N4O3. The van der Waals surface area contributed by atoms with E-state index in [1.165, 1.54) is 13.4 Å². The highest BCUT2D eigenvalue weighted by molar-refractivity contribution is 5.61. The summed E-state index contributed by atoms with van der Waals surface area (Å²) in [5, 5.41) is 14.2. The lowest BCUT2D eigenvalue weighted by atomic mass is 9.95. The number of ether oxygens (including phenoxy) is 1. The lowest BCUT2D eigenvalue weighted by molar-refractivity contribution is -0.385. The Balaban J connectivity index is 3.03. The first kappa shape index (κ1) is 15.1. The van der Waals surface area contributed by atoms with Gasteiger partial charge in [-0.05, 0) is 12.8 Å². The van der Waals surface area contributed by atoms with Gasteiger partial charge in [0.25, 0.3) is 5.88 Å². The SMILES string of the molecule is CCC(CC)C(C)Nc1ncnc(OC)c1[N+](=O)[O-]. The maximum Gasteiger partial charge on any atom is 0.372 e. The Hall–Kier alpha value is -1.92. The van der Waals surface area contributed by atoms with Gasteiger partial charge >= 0.3 is 5.69 Å². The van der Waals surface area contributed by atoms with Crippen LogP contribution in [0.25, 0.3) is 0 Å². The van der Waals surface area contributed by atoms with Crippen molar-refractivity contribution in [1.29, 1.82) is 0 Å². The number of hydrogen-bond donors (Lipinski definition) is 1. The van der Waals surface area contributed by atoms with Crippen molar-refractivity contribution in [3.63, 3.8) is 0 Å². The van der Waals surface area contributed by atoms with Crippen molar-refractivity contribution < 1.29 is 9.66 Å². The van der Waals surface area contributed by atoms with E-state index in [1.54, 1.807) is 0 Å². The second kappa shape index (κ2) is 6.86. The summed E-state index contributed by atoms with van der Waals surface area (Å²) >= 11 is 0. The first-order chi connectivity index (χ1) is 9.04. The van der Waals surface area contributed by atoms with E-state index in [4.69, 9.17) is 4.74 Å². The Morgan fingerprint density at radius 1 is 1.42 bits per heavy atom. The van der Waals surface area contributed by atoms with Gasteiger partial charge in [0.2, 0.25) is 5.82 Å². The normalized spacial score (nSPS) is 12.3. The van der Waals surface area contributed by atoms with Crippen LogP contribution in [-0.4, -0.2) is 28.0 Å². The Bertz CT molecular complexity index is 435. The molecule has 0 saturated heterocycles. The number of nitro groups is 1. The summed E-state index contributed by atoms with van der Waals surface area (Å²) in [6.45, 7) is 6.19. The minimum atomic E-state index is -0.527. The fraction of sp³-hybridized carbons (Fsp3) is 0.667. The van der Waals surface area contributed by atoms with E-state index in [9.17, 15) is 10.1 Å². The van der Waals surface area contributed by atoms with E-state index in [0.717, 1.165) is 12.8 Å². The second-order valence-corrected chi connectivity index (χ2v) is 4.35. The Morgan fingerprint density at radius 3 is 2.53 bits per heavy atom. The van der Waals surface area contributed by atoms with Crippen LogP contribution in [0, 0.1) is 16.0 Å².